The van der Waals surface area contributed by atoms with Gasteiger partial charge in [-0.05, 0) is 25.0 Å². The first kappa shape index (κ1) is 15.1. The van der Waals surface area contributed by atoms with Gasteiger partial charge in [0.1, 0.15) is 0 Å². The first-order valence-electron chi connectivity index (χ1n) is 8.57. The van der Waals surface area contributed by atoms with Crippen LogP contribution in [0.15, 0.2) is 24.3 Å². The topological polar surface area (TPSA) is 42.4 Å². The minimum Gasteiger partial charge on any atom is -0.374 e. The Morgan fingerprint density at radius 1 is 1.30 bits per heavy atom. The molecule has 0 radical (unpaired) electrons. The number of para-hydroxylation sites is 1. The molecule has 0 N–H and O–H groups in total. The fourth-order valence-corrected chi connectivity index (χ4v) is 4.76. The molecule has 23 heavy (non-hydrogen) atoms. The summed E-state index contributed by atoms with van der Waals surface area (Å²) in [5.41, 5.74) is 1.04. The number of carbonyl (C=O) groups excluding carboxylic acids is 1. The predicted molar refractivity (Wildman–Crippen MR) is 91.7 cm³/mol. The van der Waals surface area contributed by atoms with Crippen LogP contribution < -0.4 is 0 Å². The van der Waals surface area contributed by atoms with Gasteiger partial charge in [-0.15, -0.1) is 11.3 Å². The van der Waals surface area contributed by atoms with Gasteiger partial charge < -0.3 is 9.64 Å². The van der Waals surface area contributed by atoms with Gasteiger partial charge in [0.15, 0.2) is 0 Å². The molecule has 0 spiro atoms. The van der Waals surface area contributed by atoms with Crippen LogP contribution in [-0.4, -0.2) is 41.1 Å². The van der Waals surface area contributed by atoms with E-state index in [1.54, 1.807) is 11.3 Å². The first-order chi connectivity index (χ1) is 11.3. The van der Waals surface area contributed by atoms with Crippen LogP contribution in [0, 0.1) is 0 Å². The normalized spacial score (nSPS) is 24.6. The van der Waals surface area contributed by atoms with Gasteiger partial charge in [-0.1, -0.05) is 25.0 Å². The summed E-state index contributed by atoms with van der Waals surface area (Å²) in [6.07, 6.45) is 6.21. The molecule has 1 saturated carbocycles. The highest BCUT2D eigenvalue weighted by Crippen LogP contribution is 2.29. The summed E-state index contributed by atoms with van der Waals surface area (Å²) < 4.78 is 7.06. The van der Waals surface area contributed by atoms with E-state index >= 15 is 0 Å². The van der Waals surface area contributed by atoms with E-state index in [2.05, 4.69) is 16.0 Å². The third kappa shape index (κ3) is 3.12. The van der Waals surface area contributed by atoms with E-state index < -0.39 is 0 Å². The minimum absolute atomic E-state index is 0.268. The fraction of sp³-hybridized carbons (Fsp3) is 0.556. The third-order valence-corrected chi connectivity index (χ3v) is 6.04. The van der Waals surface area contributed by atoms with Crippen LogP contribution in [0.4, 0.5) is 0 Å². The van der Waals surface area contributed by atoms with Crippen molar-refractivity contribution >= 4 is 27.5 Å². The Labute approximate surface area is 140 Å². The highest BCUT2D eigenvalue weighted by atomic mass is 32.1. The molecule has 1 amide bonds. The van der Waals surface area contributed by atoms with E-state index in [9.17, 15) is 4.79 Å². The highest BCUT2D eigenvalue weighted by molar-refractivity contribution is 7.18. The van der Waals surface area contributed by atoms with Gasteiger partial charge in [0.2, 0.25) is 5.91 Å². The maximum absolute atomic E-state index is 12.7. The second-order valence-electron chi connectivity index (χ2n) is 6.42. The van der Waals surface area contributed by atoms with Crippen molar-refractivity contribution < 1.29 is 9.53 Å². The van der Waals surface area contributed by atoms with Gasteiger partial charge in [-0.3, -0.25) is 4.79 Å². The standard InChI is InChI=1S/C18H22N2O2S/c21-18(20-11-12-22-15-7-3-2-6-14(15)20)10-9-17-19-13-5-1-4-8-16(13)23-17/h1,4-5,8,14-15H,2-3,6-7,9-12H2/t14-,15+/m0/s1. The second kappa shape index (κ2) is 6.57. The number of ether oxygens (including phenoxy) is 1. The maximum Gasteiger partial charge on any atom is 0.223 e. The smallest absolute Gasteiger partial charge is 0.223 e. The molecule has 2 aliphatic rings. The minimum atomic E-state index is 0.268. The molecule has 0 unspecified atom stereocenters. The SMILES string of the molecule is O=C(CCc1nc2ccccc2s1)N1CCO[C@@H]2CCCC[C@@H]21. The predicted octanol–water partition coefficient (Wildman–Crippen LogP) is 3.40. The number of thiazole rings is 1. The van der Waals surface area contributed by atoms with Gasteiger partial charge in [-0.2, -0.15) is 0 Å². The van der Waals surface area contributed by atoms with Crippen LogP contribution in [-0.2, 0) is 16.0 Å². The molecule has 2 heterocycles. The summed E-state index contributed by atoms with van der Waals surface area (Å²) in [4.78, 5) is 19.4. The summed E-state index contributed by atoms with van der Waals surface area (Å²) in [5, 5.41) is 1.06. The molecule has 5 heteroatoms. The summed E-state index contributed by atoms with van der Waals surface area (Å²) in [6.45, 7) is 1.44. The Kier molecular flexibility index (Phi) is 4.31. The lowest BCUT2D eigenvalue weighted by molar-refractivity contribution is -0.149. The Morgan fingerprint density at radius 2 is 2.17 bits per heavy atom. The third-order valence-electron chi connectivity index (χ3n) is 4.94. The number of amides is 1. The molecule has 2 fully saturated rings. The van der Waals surface area contributed by atoms with Crippen molar-refractivity contribution in [1.29, 1.82) is 0 Å². The zero-order chi connectivity index (χ0) is 15.6. The van der Waals surface area contributed by atoms with Crippen molar-refractivity contribution in [3.63, 3.8) is 0 Å². The molecule has 1 saturated heterocycles. The van der Waals surface area contributed by atoms with Crippen molar-refractivity contribution in [2.24, 2.45) is 0 Å². The van der Waals surface area contributed by atoms with Crippen LogP contribution >= 0.6 is 11.3 Å². The molecule has 1 aliphatic carbocycles. The van der Waals surface area contributed by atoms with Gasteiger partial charge in [0.05, 0.1) is 34.0 Å². The zero-order valence-electron chi connectivity index (χ0n) is 13.2. The molecule has 1 aliphatic heterocycles. The number of aryl methyl sites for hydroxylation is 1. The number of fused-ring (bicyclic) bond motifs is 2. The lowest BCUT2D eigenvalue weighted by Gasteiger charge is -2.43. The van der Waals surface area contributed by atoms with Crippen molar-refractivity contribution in [3.8, 4) is 0 Å². The number of hydrogen-bond donors (Lipinski definition) is 0. The van der Waals surface area contributed by atoms with E-state index in [-0.39, 0.29) is 12.0 Å². The van der Waals surface area contributed by atoms with Crippen LogP contribution in [0.5, 0.6) is 0 Å². The largest absolute Gasteiger partial charge is 0.374 e. The molecule has 2 atom stereocenters. The Morgan fingerprint density at radius 3 is 3.09 bits per heavy atom. The van der Waals surface area contributed by atoms with E-state index in [0.717, 1.165) is 36.3 Å². The van der Waals surface area contributed by atoms with Crippen molar-refractivity contribution in [3.05, 3.63) is 29.3 Å². The second-order valence-corrected chi connectivity index (χ2v) is 7.54. The van der Waals surface area contributed by atoms with Crippen LogP contribution in [0.3, 0.4) is 0 Å². The average molecular weight is 330 g/mol. The molecule has 4 nitrogen and oxygen atoms in total. The molecular formula is C18H22N2O2S. The summed E-state index contributed by atoms with van der Waals surface area (Å²) >= 11 is 1.70. The Bertz CT molecular complexity index is 664. The number of hydrogen-bond acceptors (Lipinski definition) is 4. The highest BCUT2D eigenvalue weighted by Gasteiger charge is 2.36. The summed E-state index contributed by atoms with van der Waals surface area (Å²) in [6, 6.07) is 8.47. The quantitative estimate of drug-likeness (QED) is 0.866. The van der Waals surface area contributed by atoms with E-state index in [4.69, 9.17) is 4.74 Å². The van der Waals surface area contributed by atoms with Gasteiger partial charge in [0.25, 0.3) is 0 Å². The summed E-state index contributed by atoms with van der Waals surface area (Å²) in [7, 11) is 0. The molecule has 4 rings (SSSR count). The number of nitrogens with zero attached hydrogens (tertiary/aromatic N) is 2. The van der Waals surface area contributed by atoms with Crippen molar-refractivity contribution in [2.45, 2.75) is 50.7 Å². The number of benzene rings is 1. The summed E-state index contributed by atoms with van der Waals surface area (Å²) in [5.74, 6) is 0.268. The van der Waals surface area contributed by atoms with Crippen LogP contribution in [0.2, 0.25) is 0 Å². The fourth-order valence-electron chi connectivity index (χ4n) is 3.79. The van der Waals surface area contributed by atoms with E-state index in [1.807, 2.05) is 18.2 Å². The number of rotatable bonds is 3. The van der Waals surface area contributed by atoms with Gasteiger partial charge >= 0.3 is 0 Å². The zero-order valence-corrected chi connectivity index (χ0v) is 14.1. The lowest BCUT2D eigenvalue weighted by Crippen LogP contribution is -2.54. The molecule has 1 aromatic carbocycles. The average Bonchev–Trinajstić information content (AvgIpc) is 3.02. The molecule has 2 aromatic rings. The van der Waals surface area contributed by atoms with Gasteiger partial charge in [0, 0.05) is 19.4 Å². The molecular weight excluding hydrogens is 308 g/mol. The number of carbonyl (C=O) groups is 1. The lowest BCUT2D eigenvalue weighted by atomic mass is 9.90. The van der Waals surface area contributed by atoms with E-state index in [0.29, 0.717) is 19.1 Å². The van der Waals surface area contributed by atoms with Crippen LogP contribution in [0.25, 0.3) is 10.2 Å². The first-order valence-corrected chi connectivity index (χ1v) is 9.38. The van der Waals surface area contributed by atoms with Crippen molar-refractivity contribution in [1.82, 2.24) is 9.88 Å². The number of morpholine rings is 1. The molecule has 0 bridgehead atoms. The molecule has 1 aromatic heterocycles. The van der Waals surface area contributed by atoms with Crippen molar-refractivity contribution in [2.75, 3.05) is 13.2 Å². The monoisotopic (exact) mass is 330 g/mol. The number of aromatic nitrogens is 1. The van der Waals surface area contributed by atoms with Crippen LogP contribution in [0.1, 0.15) is 37.1 Å². The van der Waals surface area contributed by atoms with Gasteiger partial charge in [-0.25, -0.2) is 4.98 Å². The Hall–Kier alpha value is -1.46. The molecule has 122 valence electrons. The van der Waals surface area contributed by atoms with E-state index in [1.165, 1.54) is 17.5 Å². The maximum atomic E-state index is 12.7. The Balaban J connectivity index is 1.40.